The van der Waals surface area contributed by atoms with Crippen LogP contribution in [0.5, 0.6) is 0 Å². The van der Waals surface area contributed by atoms with Crippen LogP contribution in [0.15, 0.2) is 11.6 Å². The van der Waals surface area contributed by atoms with Gasteiger partial charge in [0.2, 0.25) is 0 Å². The summed E-state index contributed by atoms with van der Waals surface area (Å²) in [7, 11) is 0. The van der Waals surface area contributed by atoms with E-state index in [9.17, 15) is 0 Å². The summed E-state index contributed by atoms with van der Waals surface area (Å²) in [4.78, 5) is 0. The molecule has 0 bridgehead atoms. The molecule has 2 heteroatoms. The molecule has 0 aromatic carbocycles. The molecule has 2 rings (SSSR count). The Morgan fingerprint density at radius 2 is 1.52 bits per heavy atom. The van der Waals surface area contributed by atoms with Gasteiger partial charge in [-0.2, -0.15) is 25.3 Å². The summed E-state index contributed by atoms with van der Waals surface area (Å²) in [6.45, 7) is 0. The van der Waals surface area contributed by atoms with Gasteiger partial charge in [0, 0.05) is 10.00 Å². The second-order valence-corrected chi connectivity index (χ2v) is 8.82. The number of rotatable bonds is 1. The van der Waals surface area contributed by atoms with E-state index in [1.165, 1.54) is 96.3 Å². The summed E-state index contributed by atoms with van der Waals surface area (Å²) >= 11 is 10.2. The molecule has 2 unspecified atom stereocenters. The number of hydrogen-bond donors (Lipinski definition) is 2. The first-order chi connectivity index (χ1) is 10.2. The number of allylic oxidation sites excluding steroid dienone is 1. The number of hydrogen-bond acceptors (Lipinski definition) is 2. The average molecular weight is 327 g/mol. The van der Waals surface area contributed by atoms with Crippen LogP contribution in [0.2, 0.25) is 0 Å². The fraction of sp³-hybridized carbons (Fsp3) is 0.895. The second-order valence-electron chi connectivity index (χ2n) is 7.23. The van der Waals surface area contributed by atoms with Crippen LogP contribution in [0.25, 0.3) is 0 Å². The van der Waals surface area contributed by atoms with Gasteiger partial charge in [-0.1, -0.05) is 63.0 Å². The Morgan fingerprint density at radius 1 is 0.857 bits per heavy atom. The lowest BCUT2D eigenvalue weighted by Gasteiger charge is -2.35. The maximum Gasteiger partial charge on any atom is 0.0348 e. The van der Waals surface area contributed by atoms with Crippen molar-refractivity contribution in [3.8, 4) is 0 Å². The molecule has 0 aromatic rings. The minimum Gasteiger partial charge on any atom is -0.176 e. The van der Waals surface area contributed by atoms with E-state index in [1.54, 1.807) is 5.57 Å². The molecule has 2 aliphatic rings. The highest BCUT2D eigenvalue weighted by atomic mass is 32.1. The lowest BCUT2D eigenvalue weighted by atomic mass is 9.82. The summed E-state index contributed by atoms with van der Waals surface area (Å²) in [5, 5.41) is 0.534. The fourth-order valence-electron chi connectivity index (χ4n) is 4.00. The molecule has 0 radical (unpaired) electrons. The van der Waals surface area contributed by atoms with Crippen molar-refractivity contribution in [3.63, 3.8) is 0 Å². The van der Waals surface area contributed by atoms with Crippen molar-refractivity contribution in [2.45, 2.75) is 106 Å². The first-order valence-corrected chi connectivity index (χ1v) is 10.3. The van der Waals surface area contributed by atoms with Gasteiger partial charge in [0.25, 0.3) is 0 Å². The van der Waals surface area contributed by atoms with E-state index in [4.69, 9.17) is 25.3 Å². The standard InChI is InChI=1S/C19H34S2/c20-18-14-10-6-1-2-7-11-15-19(21,16-18)17-12-8-4-3-5-9-13-17/h12,18,20-21H,1-11,13-16H2/b17-12+. The molecule has 0 spiro atoms. The molecule has 1 saturated carbocycles. The molecule has 0 N–H and O–H groups in total. The topological polar surface area (TPSA) is 0 Å². The van der Waals surface area contributed by atoms with Gasteiger partial charge < -0.3 is 0 Å². The number of thiol groups is 2. The summed E-state index contributed by atoms with van der Waals surface area (Å²) in [6.07, 6.45) is 22.7. The monoisotopic (exact) mass is 326 g/mol. The van der Waals surface area contributed by atoms with Crippen LogP contribution < -0.4 is 0 Å². The van der Waals surface area contributed by atoms with Gasteiger partial charge in [0.1, 0.15) is 0 Å². The quantitative estimate of drug-likeness (QED) is 0.386. The smallest absolute Gasteiger partial charge is 0.0348 e. The minimum atomic E-state index is 0.133. The van der Waals surface area contributed by atoms with Crippen molar-refractivity contribution in [2.24, 2.45) is 0 Å². The van der Waals surface area contributed by atoms with Gasteiger partial charge >= 0.3 is 0 Å². The van der Waals surface area contributed by atoms with Crippen LogP contribution in [0.4, 0.5) is 0 Å². The van der Waals surface area contributed by atoms with Crippen molar-refractivity contribution < 1.29 is 0 Å². The van der Waals surface area contributed by atoms with Crippen molar-refractivity contribution >= 4 is 25.3 Å². The molecule has 0 aromatic heterocycles. The molecule has 0 heterocycles. The third-order valence-corrected chi connectivity index (χ3v) is 6.47. The van der Waals surface area contributed by atoms with E-state index >= 15 is 0 Å². The van der Waals surface area contributed by atoms with Crippen LogP contribution in [0.3, 0.4) is 0 Å². The van der Waals surface area contributed by atoms with E-state index in [1.807, 2.05) is 0 Å². The molecule has 0 saturated heterocycles. The zero-order valence-corrected chi connectivity index (χ0v) is 15.4. The Bertz CT molecular complexity index is 324. The highest BCUT2D eigenvalue weighted by molar-refractivity contribution is 7.82. The zero-order chi connectivity index (χ0) is 15.0. The maximum atomic E-state index is 5.25. The van der Waals surface area contributed by atoms with Gasteiger partial charge in [-0.25, -0.2) is 0 Å². The van der Waals surface area contributed by atoms with E-state index in [-0.39, 0.29) is 4.75 Å². The van der Waals surface area contributed by atoms with Crippen LogP contribution in [0, 0.1) is 0 Å². The van der Waals surface area contributed by atoms with Gasteiger partial charge in [0.15, 0.2) is 0 Å². The fourth-order valence-corrected chi connectivity index (χ4v) is 5.22. The average Bonchev–Trinajstić information content (AvgIpc) is 2.43. The molecule has 2 aliphatic carbocycles. The molecule has 0 aliphatic heterocycles. The second kappa shape index (κ2) is 9.55. The van der Waals surface area contributed by atoms with Crippen molar-refractivity contribution in [1.82, 2.24) is 0 Å². The first kappa shape index (κ1) is 17.8. The molecule has 21 heavy (non-hydrogen) atoms. The Morgan fingerprint density at radius 3 is 2.38 bits per heavy atom. The summed E-state index contributed by atoms with van der Waals surface area (Å²) in [5.74, 6) is 0. The maximum absolute atomic E-state index is 5.25. The molecule has 2 atom stereocenters. The summed E-state index contributed by atoms with van der Waals surface area (Å²) in [6, 6.07) is 0. The largest absolute Gasteiger partial charge is 0.176 e. The van der Waals surface area contributed by atoms with E-state index in [2.05, 4.69) is 6.08 Å². The lowest BCUT2D eigenvalue weighted by molar-refractivity contribution is 0.489. The molecular formula is C19H34S2. The van der Waals surface area contributed by atoms with E-state index in [0.717, 1.165) is 0 Å². The normalized spacial score (nSPS) is 36.7. The molecular weight excluding hydrogens is 292 g/mol. The Labute approximate surface area is 143 Å². The Balaban J connectivity index is 2.07. The highest BCUT2D eigenvalue weighted by Gasteiger charge is 2.31. The summed E-state index contributed by atoms with van der Waals surface area (Å²) < 4.78 is 0.133. The highest BCUT2D eigenvalue weighted by Crippen LogP contribution is 2.41. The predicted octanol–water partition coefficient (Wildman–Crippen LogP) is 6.76. The van der Waals surface area contributed by atoms with Crippen LogP contribution >= 0.6 is 25.3 Å². The third-order valence-electron chi connectivity index (χ3n) is 5.34. The minimum absolute atomic E-state index is 0.133. The van der Waals surface area contributed by atoms with E-state index < -0.39 is 0 Å². The van der Waals surface area contributed by atoms with Crippen LogP contribution in [0.1, 0.15) is 96.3 Å². The molecule has 122 valence electrons. The van der Waals surface area contributed by atoms with Crippen molar-refractivity contribution in [2.75, 3.05) is 0 Å². The molecule has 0 nitrogen and oxygen atoms in total. The molecule has 0 amide bonds. The third kappa shape index (κ3) is 6.22. The first-order valence-electron chi connectivity index (χ1n) is 9.31. The lowest BCUT2D eigenvalue weighted by Crippen LogP contribution is -2.29. The van der Waals surface area contributed by atoms with Gasteiger partial charge in [-0.15, -0.1) is 0 Å². The van der Waals surface area contributed by atoms with Crippen molar-refractivity contribution in [3.05, 3.63) is 11.6 Å². The van der Waals surface area contributed by atoms with Gasteiger partial charge in [-0.3, -0.25) is 0 Å². The molecule has 1 fully saturated rings. The Kier molecular flexibility index (Phi) is 8.09. The van der Waals surface area contributed by atoms with Gasteiger partial charge in [-0.05, 0) is 44.9 Å². The van der Waals surface area contributed by atoms with Crippen LogP contribution in [-0.2, 0) is 0 Å². The van der Waals surface area contributed by atoms with Crippen molar-refractivity contribution in [1.29, 1.82) is 0 Å². The van der Waals surface area contributed by atoms with Gasteiger partial charge in [0.05, 0.1) is 0 Å². The predicted molar refractivity (Wildman–Crippen MR) is 102 cm³/mol. The zero-order valence-electron chi connectivity index (χ0n) is 13.7. The van der Waals surface area contributed by atoms with E-state index in [0.29, 0.717) is 5.25 Å². The SMILES string of the molecule is SC1CCCCCCCCC(S)(/C2=C/CCCCCC2)C1. The Hall–Kier alpha value is 0.440. The summed E-state index contributed by atoms with van der Waals surface area (Å²) in [5.41, 5.74) is 1.66. The van der Waals surface area contributed by atoms with Crippen LogP contribution in [-0.4, -0.2) is 10.00 Å².